The molecule has 0 unspecified atom stereocenters. The van der Waals surface area contributed by atoms with Crippen LogP contribution in [-0.2, 0) is 14.3 Å². The van der Waals surface area contributed by atoms with E-state index in [0.717, 1.165) is 16.6 Å². The molecule has 0 bridgehead atoms. The monoisotopic (exact) mass is 410 g/mol. The van der Waals surface area contributed by atoms with Gasteiger partial charge in [0.05, 0.1) is 25.0 Å². The number of nitrogens with one attached hydrogen (secondary N) is 1. The summed E-state index contributed by atoms with van der Waals surface area (Å²) in [5, 5.41) is 3.34. The third-order valence-corrected chi connectivity index (χ3v) is 4.96. The molecule has 3 N–H and O–H groups in total. The fourth-order valence-electron chi connectivity index (χ4n) is 1.98. The molecule has 2 rings (SSSR count). The average molecular weight is 410 g/mol. The fraction of sp³-hybridized carbons (Fsp3) is 0.312. The van der Waals surface area contributed by atoms with E-state index in [9.17, 15) is 14.4 Å². The third-order valence-electron chi connectivity index (χ3n) is 3.14. The first-order valence-electron chi connectivity index (χ1n) is 7.76. The maximum absolute atomic E-state index is 12.2. The quantitative estimate of drug-likeness (QED) is 0.400. The Morgan fingerprint density at radius 2 is 2.04 bits per heavy atom. The van der Waals surface area contributed by atoms with E-state index >= 15 is 0 Å². The molecule has 0 aliphatic carbocycles. The molecule has 0 aromatic carbocycles. The third kappa shape index (κ3) is 5.41. The molecule has 0 aliphatic heterocycles. The van der Waals surface area contributed by atoms with E-state index in [4.69, 9.17) is 15.2 Å². The van der Waals surface area contributed by atoms with Crippen LogP contribution in [-0.4, -0.2) is 47.3 Å². The van der Waals surface area contributed by atoms with Crippen LogP contribution in [0.5, 0.6) is 0 Å². The molecule has 0 saturated heterocycles. The number of carbonyl (C=O) groups is 3. The molecular weight excluding hydrogens is 392 g/mol. The van der Waals surface area contributed by atoms with Crippen LogP contribution in [0.4, 0.5) is 10.8 Å². The summed E-state index contributed by atoms with van der Waals surface area (Å²) < 4.78 is 9.55. The van der Waals surface area contributed by atoms with E-state index in [1.165, 1.54) is 24.6 Å². The largest absolute Gasteiger partial charge is 0.465 e. The average Bonchev–Trinajstić information content (AvgIpc) is 2.99. The molecule has 0 atom stereocenters. The van der Waals surface area contributed by atoms with Crippen molar-refractivity contribution in [2.24, 2.45) is 0 Å². The first-order valence-corrected chi connectivity index (χ1v) is 9.57. The molecular formula is C16H18N4O5S2. The molecule has 1 amide bonds. The van der Waals surface area contributed by atoms with Crippen molar-refractivity contribution in [2.45, 2.75) is 19.0 Å². The Bertz CT molecular complexity index is 868. The second-order valence-corrected chi connectivity index (χ2v) is 7.30. The molecule has 0 aliphatic rings. The summed E-state index contributed by atoms with van der Waals surface area (Å²) >= 11 is 2.32. The van der Waals surface area contributed by atoms with E-state index < -0.39 is 11.9 Å². The molecule has 0 saturated carbocycles. The number of ether oxygens (including phenoxy) is 2. The van der Waals surface area contributed by atoms with Crippen molar-refractivity contribution in [3.63, 3.8) is 0 Å². The van der Waals surface area contributed by atoms with Gasteiger partial charge in [-0.25, -0.2) is 19.6 Å². The normalized spacial score (nSPS) is 10.3. The van der Waals surface area contributed by atoms with Gasteiger partial charge in [-0.3, -0.25) is 4.79 Å². The summed E-state index contributed by atoms with van der Waals surface area (Å²) in [5.41, 5.74) is 6.11. The van der Waals surface area contributed by atoms with Gasteiger partial charge in [-0.2, -0.15) is 0 Å². The van der Waals surface area contributed by atoms with Crippen LogP contribution in [0.15, 0.2) is 17.4 Å². The summed E-state index contributed by atoms with van der Waals surface area (Å²) in [6, 6.07) is 1.65. The number of nitrogens with zero attached hydrogens (tertiary/aromatic N) is 2. The molecule has 2 aromatic rings. The van der Waals surface area contributed by atoms with E-state index in [-0.39, 0.29) is 34.8 Å². The van der Waals surface area contributed by atoms with E-state index in [1.807, 2.05) is 6.92 Å². The number of aromatic nitrogens is 2. The molecule has 0 spiro atoms. The summed E-state index contributed by atoms with van der Waals surface area (Å²) in [4.78, 5) is 44.4. The van der Waals surface area contributed by atoms with Gasteiger partial charge in [0.1, 0.15) is 16.4 Å². The number of hydrogen-bond acceptors (Lipinski definition) is 10. The van der Waals surface area contributed by atoms with Gasteiger partial charge in [-0.05, 0) is 19.9 Å². The zero-order valence-electron chi connectivity index (χ0n) is 14.9. The Labute approximate surface area is 163 Å². The number of carbonyl (C=O) groups excluding carboxylic acids is 3. The van der Waals surface area contributed by atoms with Gasteiger partial charge in [-0.15, -0.1) is 11.3 Å². The fourth-order valence-corrected chi connectivity index (χ4v) is 3.51. The maximum Gasteiger partial charge on any atom is 0.343 e. The molecule has 9 nitrogen and oxygen atoms in total. The number of esters is 2. The number of hydrogen-bond donors (Lipinski definition) is 2. The molecule has 2 aromatic heterocycles. The predicted octanol–water partition coefficient (Wildman–Crippen LogP) is 2.12. The molecule has 2 heterocycles. The van der Waals surface area contributed by atoms with Crippen molar-refractivity contribution >= 4 is 51.8 Å². The number of thioether (sulfide) groups is 1. The number of nitrogen functional groups attached to an aromatic ring is 1. The standard InChI is InChI=1S/C16H18N4O5S2/c1-4-25-15(23)10-6-18-16(20-12(10)17)26-7-11(21)19-13-9(14(22)24-3)5-8(2)27-13/h5-6H,4,7H2,1-3H3,(H,19,21)(H2,17,18,20). The van der Waals surface area contributed by atoms with Gasteiger partial charge in [0.15, 0.2) is 5.16 Å². The lowest BCUT2D eigenvalue weighted by atomic mass is 10.3. The zero-order valence-corrected chi connectivity index (χ0v) is 16.5. The second kappa shape index (κ2) is 9.33. The van der Waals surface area contributed by atoms with Gasteiger partial charge >= 0.3 is 11.9 Å². The highest BCUT2D eigenvalue weighted by molar-refractivity contribution is 7.99. The van der Waals surface area contributed by atoms with Gasteiger partial charge in [0, 0.05) is 11.1 Å². The van der Waals surface area contributed by atoms with Crippen LogP contribution >= 0.6 is 23.1 Å². The first kappa shape index (κ1) is 20.6. The van der Waals surface area contributed by atoms with Gasteiger partial charge in [0.25, 0.3) is 0 Å². The van der Waals surface area contributed by atoms with Crippen molar-refractivity contribution in [3.05, 3.63) is 28.3 Å². The molecule has 27 heavy (non-hydrogen) atoms. The maximum atomic E-state index is 12.2. The molecule has 11 heteroatoms. The number of amides is 1. The van der Waals surface area contributed by atoms with E-state index in [0.29, 0.717) is 10.6 Å². The smallest absolute Gasteiger partial charge is 0.343 e. The molecule has 144 valence electrons. The number of anilines is 2. The zero-order chi connectivity index (χ0) is 20.0. The topological polar surface area (TPSA) is 134 Å². The highest BCUT2D eigenvalue weighted by atomic mass is 32.2. The Balaban J connectivity index is 1.99. The van der Waals surface area contributed by atoms with Crippen LogP contribution in [0, 0.1) is 6.92 Å². The minimum Gasteiger partial charge on any atom is -0.465 e. The van der Waals surface area contributed by atoms with Gasteiger partial charge in [0.2, 0.25) is 5.91 Å². The first-order chi connectivity index (χ1) is 12.8. The minimum atomic E-state index is -0.604. The van der Waals surface area contributed by atoms with Crippen molar-refractivity contribution < 1.29 is 23.9 Å². The Morgan fingerprint density at radius 3 is 2.67 bits per heavy atom. The summed E-state index contributed by atoms with van der Waals surface area (Å²) in [6.07, 6.45) is 1.26. The van der Waals surface area contributed by atoms with Crippen molar-refractivity contribution in [1.82, 2.24) is 9.97 Å². The summed E-state index contributed by atoms with van der Waals surface area (Å²) in [7, 11) is 1.28. The van der Waals surface area contributed by atoms with Crippen LogP contribution in [0.1, 0.15) is 32.5 Å². The van der Waals surface area contributed by atoms with Crippen LogP contribution in [0.2, 0.25) is 0 Å². The van der Waals surface area contributed by atoms with Crippen LogP contribution in [0.3, 0.4) is 0 Å². The van der Waals surface area contributed by atoms with Crippen molar-refractivity contribution in [2.75, 3.05) is 30.5 Å². The molecule has 0 radical (unpaired) electrons. The number of nitrogens with two attached hydrogens (primary N) is 1. The SMILES string of the molecule is CCOC(=O)c1cnc(SCC(=O)Nc2sc(C)cc2C(=O)OC)nc1N. The van der Waals surface area contributed by atoms with Crippen molar-refractivity contribution in [3.8, 4) is 0 Å². The second-order valence-electron chi connectivity index (χ2n) is 5.10. The summed E-state index contributed by atoms with van der Waals surface area (Å²) in [6.45, 7) is 3.71. The number of methoxy groups -OCH3 is 1. The Kier molecular flexibility index (Phi) is 7.13. The Morgan fingerprint density at radius 1 is 1.30 bits per heavy atom. The molecule has 0 fully saturated rings. The number of aryl methyl sites for hydroxylation is 1. The highest BCUT2D eigenvalue weighted by Crippen LogP contribution is 2.28. The van der Waals surface area contributed by atoms with Gasteiger partial charge in [-0.1, -0.05) is 11.8 Å². The lowest BCUT2D eigenvalue weighted by molar-refractivity contribution is -0.113. The van der Waals surface area contributed by atoms with Crippen LogP contribution < -0.4 is 11.1 Å². The van der Waals surface area contributed by atoms with E-state index in [2.05, 4.69) is 15.3 Å². The minimum absolute atomic E-state index is 0.00421. The lowest BCUT2D eigenvalue weighted by Crippen LogP contribution is -2.16. The Hall–Kier alpha value is -2.66. The summed E-state index contributed by atoms with van der Waals surface area (Å²) in [5.74, 6) is -1.49. The van der Waals surface area contributed by atoms with Gasteiger partial charge < -0.3 is 20.5 Å². The lowest BCUT2D eigenvalue weighted by Gasteiger charge is -2.07. The number of rotatable bonds is 7. The van der Waals surface area contributed by atoms with Crippen molar-refractivity contribution in [1.29, 1.82) is 0 Å². The van der Waals surface area contributed by atoms with E-state index in [1.54, 1.807) is 13.0 Å². The van der Waals surface area contributed by atoms with Crippen LogP contribution in [0.25, 0.3) is 0 Å². The predicted molar refractivity (Wildman–Crippen MR) is 102 cm³/mol. The number of thiophene rings is 1. The highest BCUT2D eigenvalue weighted by Gasteiger charge is 2.18.